The number of halogens is 3. The van der Waals surface area contributed by atoms with E-state index >= 15 is 0 Å². The lowest BCUT2D eigenvalue weighted by Crippen LogP contribution is -2.44. The van der Waals surface area contributed by atoms with Crippen LogP contribution in [0.4, 0.5) is 13.2 Å². The van der Waals surface area contributed by atoms with Gasteiger partial charge in [-0.15, -0.1) is 0 Å². The summed E-state index contributed by atoms with van der Waals surface area (Å²) >= 11 is 0. The molecule has 4 N–H and O–H groups in total. The lowest BCUT2D eigenvalue weighted by molar-refractivity contribution is -0.138. The maximum Gasteiger partial charge on any atom is 0.244 e. The van der Waals surface area contributed by atoms with Gasteiger partial charge in [-0.3, -0.25) is 9.59 Å². The Labute approximate surface area is 129 Å². The Hall–Kier alpha value is -2.42. The molecule has 2 rings (SSSR count). The minimum Gasteiger partial charge on any atom is -0.368 e. The van der Waals surface area contributed by atoms with E-state index in [0.29, 0.717) is 12.1 Å². The molecule has 0 aliphatic carbocycles. The number of hydrazone groups is 1. The summed E-state index contributed by atoms with van der Waals surface area (Å²) in [6.45, 7) is 0. The second-order valence-electron chi connectivity index (χ2n) is 5.22. The predicted molar refractivity (Wildman–Crippen MR) is 75.5 cm³/mol. The fourth-order valence-corrected chi connectivity index (χ4v) is 2.28. The molecule has 2 atom stereocenters. The van der Waals surface area contributed by atoms with Crippen molar-refractivity contribution in [2.45, 2.75) is 31.3 Å². The minimum atomic E-state index is -1.30. The first-order valence-electron chi connectivity index (χ1n) is 6.82. The number of nitrogens with zero attached hydrogens (tertiary/aromatic N) is 2. The number of carbonyl (C=O) groups is 2. The van der Waals surface area contributed by atoms with Crippen molar-refractivity contribution >= 4 is 18.0 Å². The van der Waals surface area contributed by atoms with Crippen LogP contribution in [-0.4, -0.2) is 35.1 Å². The molecule has 1 aromatic rings. The summed E-state index contributed by atoms with van der Waals surface area (Å²) in [4.78, 5) is 23.3. The average molecular weight is 328 g/mol. The summed E-state index contributed by atoms with van der Waals surface area (Å²) in [5.41, 5.74) is 10.8. The standard InChI is InChI=1S/C14H15F3N4O2/c15-9-6-11(17)10(16)4-7(9)3-8(18)5-13(22)21-12(14(19)23)1-2-20-21/h2,4,6,8,12H,1,3,5,18H2,(H2,19,23)/t8-,12?/m1/s1. The van der Waals surface area contributed by atoms with E-state index in [2.05, 4.69) is 5.10 Å². The smallest absolute Gasteiger partial charge is 0.244 e. The van der Waals surface area contributed by atoms with E-state index in [1.54, 1.807) is 0 Å². The van der Waals surface area contributed by atoms with Crippen LogP contribution < -0.4 is 11.5 Å². The molecule has 23 heavy (non-hydrogen) atoms. The molecule has 0 saturated carbocycles. The molecular weight excluding hydrogens is 313 g/mol. The third-order valence-electron chi connectivity index (χ3n) is 3.42. The summed E-state index contributed by atoms with van der Waals surface area (Å²) in [6, 6.07) is -0.594. The van der Waals surface area contributed by atoms with Gasteiger partial charge in [0.2, 0.25) is 11.8 Å². The first-order chi connectivity index (χ1) is 10.8. The molecule has 0 aromatic heterocycles. The Morgan fingerprint density at radius 2 is 1.91 bits per heavy atom. The Kier molecular flexibility index (Phi) is 4.99. The lowest BCUT2D eigenvalue weighted by Gasteiger charge is -2.21. The van der Waals surface area contributed by atoms with Crippen molar-refractivity contribution in [3.05, 3.63) is 35.1 Å². The van der Waals surface area contributed by atoms with Crippen molar-refractivity contribution in [2.24, 2.45) is 16.6 Å². The van der Waals surface area contributed by atoms with Gasteiger partial charge in [0.05, 0.1) is 0 Å². The summed E-state index contributed by atoms with van der Waals surface area (Å²) in [5.74, 6) is -4.69. The first kappa shape index (κ1) is 16.9. The van der Waals surface area contributed by atoms with Gasteiger partial charge >= 0.3 is 0 Å². The van der Waals surface area contributed by atoms with Gasteiger partial charge in [-0.25, -0.2) is 18.2 Å². The Balaban J connectivity index is 2.01. The van der Waals surface area contributed by atoms with Crippen molar-refractivity contribution in [3.8, 4) is 0 Å². The largest absolute Gasteiger partial charge is 0.368 e. The van der Waals surface area contributed by atoms with Gasteiger partial charge in [-0.1, -0.05) is 0 Å². The average Bonchev–Trinajstić information content (AvgIpc) is 2.94. The molecule has 9 heteroatoms. The summed E-state index contributed by atoms with van der Waals surface area (Å²) < 4.78 is 39.5. The van der Waals surface area contributed by atoms with Crippen LogP contribution in [0.1, 0.15) is 18.4 Å². The minimum absolute atomic E-state index is 0.138. The van der Waals surface area contributed by atoms with E-state index in [1.807, 2.05) is 0 Å². The molecule has 0 fully saturated rings. The quantitative estimate of drug-likeness (QED) is 0.767. The van der Waals surface area contributed by atoms with Gasteiger partial charge in [-0.2, -0.15) is 5.10 Å². The van der Waals surface area contributed by atoms with Crippen LogP contribution in [0.25, 0.3) is 0 Å². The molecule has 2 amide bonds. The van der Waals surface area contributed by atoms with E-state index in [-0.39, 0.29) is 24.8 Å². The van der Waals surface area contributed by atoms with Gasteiger partial charge in [-0.05, 0) is 18.1 Å². The number of amides is 2. The van der Waals surface area contributed by atoms with Crippen LogP contribution in [0.5, 0.6) is 0 Å². The molecule has 1 aromatic carbocycles. The van der Waals surface area contributed by atoms with Crippen molar-refractivity contribution in [2.75, 3.05) is 0 Å². The molecular formula is C14H15F3N4O2. The highest BCUT2D eigenvalue weighted by molar-refractivity contribution is 5.91. The highest BCUT2D eigenvalue weighted by atomic mass is 19.2. The lowest BCUT2D eigenvalue weighted by atomic mass is 10.0. The van der Waals surface area contributed by atoms with Crippen molar-refractivity contribution < 1.29 is 22.8 Å². The molecule has 0 spiro atoms. The molecule has 0 radical (unpaired) electrons. The van der Waals surface area contributed by atoms with E-state index in [4.69, 9.17) is 11.5 Å². The van der Waals surface area contributed by atoms with Crippen LogP contribution >= 0.6 is 0 Å². The summed E-state index contributed by atoms with van der Waals surface area (Å²) in [7, 11) is 0. The van der Waals surface area contributed by atoms with Crippen molar-refractivity contribution in [1.29, 1.82) is 0 Å². The number of hydrogen-bond donors (Lipinski definition) is 2. The number of carbonyl (C=O) groups excluding carboxylic acids is 2. The molecule has 0 bridgehead atoms. The van der Waals surface area contributed by atoms with Crippen LogP contribution in [0, 0.1) is 17.5 Å². The number of benzene rings is 1. The van der Waals surface area contributed by atoms with E-state index in [0.717, 1.165) is 5.01 Å². The fourth-order valence-electron chi connectivity index (χ4n) is 2.28. The normalized spacial score (nSPS) is 18.3. The second kappa shape index (κ2) is 6.78. The van der Waals surface area contributed by atoms with Gasteiger partial charge < -0.3 is 11.5 Å². The van der Waals surface area contributed by atoms with Crippen molar-refractivity contribution in [1.82, 2.24) is 5.01 Å². The zero-order valence-electron chi connectivity index (χ0n) is 12.0. The monoisotopic (exact) mass is 328 g/mol. The molecule has 1 heterocycles. The molecule has 1 aliphatic heterocycles. The van der Waals surface area contributed by atoms with Crippen LogP contribution in [0.15, 0.2) is 17.2 Å². The van der Waals surface area contributed by atoms with Crippen molar-refractivity contribution in [3.63, 3.8) is 0 Å². The summed E-state index contributed by atoms with van der Waals surface area (Å²) in [6.07, 6.45) is 1.18. The predicted octanol–water partition coefficient (Wildman–Crippen LogP) is 0.436. The van der Waals surface area contributed by atoms with E-state index < -0.39 is 41.3 Å². The topological polar surface area (TPSA) is 102 Å². The molecule has 1 unspecified atom stereocenters. The van der Waals surface area contributed by atoms with Crippen LogP contribution in [0.3, 0.4) is 0 Å². The van der Waals surface area contributed by atoms with Crippen LogP contribution in [-0.2, 0) is 16.0 Å². The highest BCUT2D eigenvalue weighted by Crippen LogP contribution is 2.17. The van der Waals surface area contributed by atoms with E-state index in [1.165, 1.54) is 6.21 Å². The van der Waals surface area contributed by atoms with E-state index in [9.17, 15) is 22.8 Å². The molecule has 0 saturated heterocycles. The zero-order chi connectivity index (χ0) is 17.1. The fraction of sp³-hybridized carbons (Fsp3) is 0.357. The molecule has 6 nitrogen and oxygen atoms in total. The van der Waals surface area contributed by atoms with Gasteiger partial charge in [0.25, 0.3) is 0 Å². The first-order valence-corrected chi connectivity index (χ1v) is 6.82. The van der Waals surface area contributed by atoms with Gasteiger partial charge in [0.1, 0.15) is 11.9 Å². The zero-order valence-corrected chi connectivity index (χ0v) is 12.0. The highest BCUT2D eigenvalue weighted by Gasteiger charge is 2.31. The third-order valence-corrected chi connectivity index (χ3v) is 3.42. The number of primary amides is 1. The molecule has 124 valence electrons. The number of rotatable bonds is 5. The second-order valence-corrected chi connectivity index (χ2v) is 5.22. The summed E-state index contributed by atoms with van der Waals surface area (Å²) in [5, 5.41) is 4.69. The van der Waals surface area contributed by atoms with Crippen LogP contribution in [0.2, 0.25) is 0 Å². The Morgan fingerprint density at radius 3 is 2.57 bits per heavy atom. The SMILES string of the molecule is NC(=O)C1CC=NN1C(=O)C[C@H](N)Cc1cc(F)c(F)cc1F. The maximum atomic E-state index is 13.6. The Bertz CT molecular complexity index is 666. The number of hydrogen-bond acceptors (Lipinski definition) is 4. The number of nitrogens with two attached hydrogens (primary N) is 2. The molecule has 1 aliphatic rings. The maximum absolute atomic E-state index is 13.6. The van der Waals surface area contributed by atoms with Gasteiger partial charge in [0.15, 0.2) is 11.6 Å². The Morgan fingerprint density at radius 1 is 1.26 bits per heavy atom. The third kappa shape index (κ3) is 3.86. The van der Waals surface area contributed by atoms with Gasteiger partial charge in [0, 0.05) is 31.2 Å².